The Morgan fingerprint density at radius 2 is 0.929 bits per heavy atom. The molecule has 4 aliphatic rings. The zero-order valence-electron chi connectivity index (χ0n) is 24.4. The van der Waals surface area contributed by atoms with Gasteiger partial charge in [-0.3, -0.25) is 9.80 Å². The molecule has 0 bridgehead atoms. The molecule has 0 radical (unpaired) electrons. The molecule has 216 valence electrons. The highest BCUT2D eigenvalue weighted by molar-refractivity contribution is 5.95. The summed E-state index contributed by atoms with van der Waals surface area (Å²) in [5.74, 6) is 1.82. The monoisotopic (exact) mass is 560 g/mol. The summed E-state index contributed by atoms with van der Waals surface area (Å²) in [7, 11) is 0. The molecule has 0 atom stereocenters. The largest absolute Gasteiger partial charge is 0.475 e. The van der Waals surface area contributed by atoms with E-state index in [-0.39, 0.29) is 0 Å². The molecule has 1 aromatic heterocycles. The number of hydrogen-bond donors (Lipinski definition) is 0. The van der Waals surface area contributed by atoms with Crippen LogP contribution in [-0.4, -0.2) is 45.3 Å². The van der Waals surface area contributed by atoms with Crippen LogP contribution in [0.2, 0.25) is 0 Å². The van der Waals surface area contributed by atoms with Gasteiger partial charge < -0.3 is 9.47 Å². The van der Waals surface area contributed by atoms with E-state index < -0.39 is 0 Å². The fourth-order valence-electron chi connectivity index (χ4n) is 7.71. The standard InChI is InChI=1S/C36H40N4O2/c1-5-13-25(14-6-1)31-32(26-15-7-2-8-16-26)38-34-33(37-31)35-29(21-39(23-41-35)27-17-9-3-10-18-27)30-22-40(24-42-36(30)34)28-19-11-4-12-20-28/h1-2,5-8,13-16,27-28H,3-4,9-12,17-24H2. The van der Waals surface area contributed by atoms with Crippen molar-refractivity contribution < 1.29 is 9.47 Å². The highest BCUT2D eigenvalue weighted by atomic mass is 16.5. The van der Waals surface area contributed by atoms with Gasteiger partial charge in [0.15, 0.2) is 11.5 Å². The smallest absolute Gasteiger partial charge is 0.154 e. The van der Waals surface area contributed by atoms with Gasteiger partial charge in [-0.25, -0.2) is 9.97 Å². The van der Waals surface area contributed by atoms with Crippen molar-refractivity contribution in [2.75, 3.05) is 13.5 Å². The van der Waals surface area contributed by atoms with Gasteiger partial charge in [-0.1, -0.05) is 99.2 Å². The van der Waals surface area contributed by atoms with E-state index in [1.807, 2.05) is 12.1 Å². The molecule has 2 aliphatic carbocycles. The van der Waals surface area contributed by atoms with E-state index in [0.717, 1.165) is 58.1 Å². The molecule has 2 aliphatic heterocycles. The van der Waals surface area contributed by atoms with E-state index in [1.165, 1.54) is 75.3 Å². The predicted molar refractivity (Wildman–Crippen MR) is 166 cm³/mol. The second kappa shape index (κ2) is 11.3. The van der Waals surface area contributed by atoms with Crippen molar-refractivity contribution in [1.29, 1.82) is 0 Å². The van der Waals surface area contributed by atoms with Crippen molar-refractivity contribution in [1.82, 2.24) is 19.8 Å². The molecule has 0 N–H and O–H groups in total. The van der Waals surface area contributed by atoms with Crippen LogP contribution in [0, 0.1) is 0 Å². The van der Waals surface area contributed by atoms with Gasteiger partial charge in [0.25, 0.3) is 0 Å². The molecular weight excluding hydrogens is 520 g/mol. The average molecular weight is 561 g/mol. The summed E-state index contributed by atoms with van der Waals surface area (Å²) in [6.07, 6.45) is 13.0. The SMILES string of the molecule is c1ccc(-c2nc3c4c(c5c(c3nc2-c2ccccc2)OCN(C2CCCCC2)C5)CN(C2CCCCC2)CO4)cc1. The molecule has 0 amide bonds. The molecule has 42 heavy (non-hydrogen) atoms. The predicted octanol–water partition coefficient (Wildman–Crippen LogP) is 7.93. The molecule has 3 aromatic carbocycles. The van der Waals surface area contributed by atoms with Gasteiger partial charge in [0, 0.05) is 47.4 Å². The fourth-order valence-corrected chi connectivity index (χ4v) is 7.71. The van der Waals surface area contributed by atoms with Gasteiger partial charge in [-0.05, 0) is 25.7 Å². The van der Waals surface area contributed by atoms with Crippen LogP contribution >= 0.6 is 0 Å². The van der Waals surface area contributed by atoms with Crippen molar-refractivity contribution in [2.45, 2.75) is 89.4 Å². The molecule has 4 aromatic rings. The van der Waals surface area contributed by atoms with Crippen molar-refractivity contribution in [3.63, 3.8) is 0 Å². The first-order valence-electron chi connectivity index (χ1n) is 16.1. The van der Waals surface area contributed by atoms with Gasteiger partial charge in [-0.2, -0.15) is 0 Å². The molecule has 8 rings (SSSR count). The zero-order valence-corrected chi connectivity index (χ0v) is 24.4. The summed E-state index contributed by atoms with van der Waals surface area (Å²) in [6.45, 7) is 3.01. The third kappa shape index (κ3) is 4.75. The second-order valence-corrected chi connectivity index (χ2v) is 12.6. The summed E-state index contributed by atoms with van der Waals surface area (Å²) >= 11 is 0. The Morgan fingerprint density at radius 3 is 1.33 bits per heavy atom. The lowest BCUT2D eigenvalue weighted by atomic mass is 9.91. The van der Waals surface area contributed by atoms with E-state index in [1.54, 1.807) is 0 Å². The van der Waals surface area contributed by atoms with Crippen LogP contribution in [0.1, 0.15) is 75.3 Å². The molecule has 0 unspecified atom stereocenters. The van der Waals surface area contributed by atoms with Gasteiger partial charge >= 0.3 is 0 Å². The molecule has 2 saturated carbocycles. The Kier molecular flexibility index (Phi) is 7.05. The number of nitrogens with zero attached hydrogens (tertiary/aromatic N) is 4. The Balaban J connectivity index is 1.31. The minimum Gasteiger partial charge on any atom is -0.475 e. The van der Waals surface area contributed by atoms with E-state index in [9.17, 15) is 0 Å². The van der Waals surface area contributed by atoms with Crippen LogP contribution in [0.4, 0.5) is 0 Å². The summed E-state index contributed by atoms with van der Waals surface area (Å²) in [6, 6.07) is 22.0. The molecule has 6 heteroatoms. The Bertz CT molecular complexity index is 1440. The molecule has 2 fully saturated rings. The quantitative estimate of drug-likeness (QED) is 0.253. The summed E-state index contributed by atoms with van der Waals surface area (Å²) in [4.78, 5) is 15.9. The molecule has 0 saturated heterocycles. The maximum absolute atomic E-state index is 6.74. The van der Waals surface area contributed by atoms with E-state index in [2.05, 4.69) is 58.3 Å². The van der Waals surface area contributed by atoms with Gasteiger partial charge in [-0.15, -0.1) is 0 Å². The minimum atomic E-state index is 0.587. The van der Waals surface area contributed by atoms with E-state index >= 15 is 0 Å². The van der Waals surface area contributed by atoms with Crippen molar-refractivity contribution in [3.8, 4) is 34.0 Å². The highest BCUT2D eigenvalue weighted by Gasteiger charge is 2.36. The fraction of sp³-hybridized carbons (Fsp3) is 0.444. The Hall–Kier alpha value is -3.48. The Morgan fingerprint density at radius 1 is 0.524 bits per heavy atom. The molecular formula is C36H40N4O2. The summed E-state index contributed by atoms with van der Waals surface area (Å²) in [5, 5.41) is 0. The average Bonchev–Trinajstić information content (AvgIpc) is 3.09. The van der Waals surface area contributed by atoms with Gasteiger partial charge in [0.1, 0.15) is 24.5 Å². The highest BCUT2D eigenvalue weighted by Crippen LogP contribution is 2.47. The first-order valence-corrected chi connectivity index (χ1v) is 16.1. The lowest BCUT2D eigenvalue weighted by Gasteiger charge is -2.41. The van der Waals surface area contributed by atoms with Crippen LogP contribution in [0.5, 0.6) is 11.5 Å². The van der Waals surface area contributed by atoms with Crippen molar-refractivity contribution in [3.05, 3.63) is 71.8 Å². The maximum atomic E-state index is 6.74. The van der Waals surface area contributed by atoms with Crippen molar-refractivity contribution >= 4 is 11.0 Å². The lowest BCUT2D eigenvalue weighted by Crippen LogP contribution is -2.44. The van der Waals surface area contributed by atoms with Crippen LogP contribution in [-0.2, 0) is 13.1 Å². The topological polar surface area (TPSA) is 50.7 Å². The van der Waals surface area contributed by atoms with Crippen molar-refractivity contribution in [2.24, 2.45) is 0 Å². The second-order valence-electron chi connectivity index (χ2n) is 12.6. The first kappa shape index (κ1) is 26.2. The van der Waals surface area contributed by atoms with Crippen LogP contribution < -0.4 is 9.47 Å². The number of benzene rings is 3. The zero-order chi connectivity index (χ0) is 27.9. The van der Waals surface area contributed by atoms with Gasteiger partial charge in [0.2, 0.25) is 0 Å². The number of ether oxygens (including phenoxy) is 2. The Labute approximate surface area is 248 Å². The number of fused-ring (bicyclic) bond motifs is 6. The summed E-state index contributed by atoms with van der Waals surface area (Å²) in [5.41, 5.74) is 8.06. The maximum Gasteiger partial charge on any atom is 0.154 e. The van der Waals surface area contributed by atoms with Gasteiger partial charge in [0.05, 0.1) is 11.4 Å². The van der Waals surface area contributed by atoms with Crippen LogP contribution in [0.15, 0.2) is 60.7 Å². The van der Waals surface area contributed by atoms with Crippen LogP contribution in [0.3, 0.4) is 0 Å². The van der Waals surface area contributed by atoms with E-state index in [0.29, 0.717) is 25.5 Å². The number of rotatable bonds is 4. The lowest BCUT2D eigenvalue weighted by molar-refractivity contribution is 0.0287. The first-order chi connectivity index (χ1) is 20.8. The summed E-state index contributed by atoms with van der Waals surface area (Å²) < 4.78 is 13.5. The molecule has 0 spiro atoms. The minimum absolute atomic E-state index is 0.587. The third-order valence-corrected chi connectivity index (χ3v) is 9.99. The normalized spacial score (nSPS) is 20.5. The van der Waals surface area contributed by atoms with E-state index in [4.69, 9.17) is 19.4 Å². The molecule has 3 heterocycles. The third-order valence-electron chi connectivity index (χ3n) is 9.99. The number of aromatic nitrogens is 2. The van der Waals surface area contributed by atoms with Crippen LogP contribution in [0.25, 0.3) is 33.5 Å². The molecule has 6 nitrogen and oxygen atoms in total. The number of hydrogen-bond acceptors (Lipinski definition) is 6.